The Labute approximate surface area is 193 Å². The Morgan fingerprint density at radius 1 is 0.879 bits per heavy atom. The molecule has 4 aromatic rings. The van der Waals surface area contributed by atoms with Gasteiger partial charge >= 0.3 is 0 Å². The minimum Gasteiger partial charge on any atom is -0.375 e. The standard InChI is InChI=1S/C29H25NO3/c1-19-11-12-20(2)24(15-19)18-30-26-10-6-5-9-25(26)29(33,28(30)32)17-27(31)23-14-13-21-7-3-4-8-22(21)16-23/h3-16,33H,17-18H2,1-2H3. The minimum atomic E-state index is -1.89. The Morgan fingerprint density at radius 2 is 1.61 bits per heavy atom. The number of carbonyl (C=O) groups excluding carboxylic acids is 2. The van der Waals surface area contributed by atoms with Crippen LogP contribution in [0.3, 0.4) is 0 Å². The summed E-state index contributed by atoms with van der Waals surface area (Å²) >= 11 is 0. The predicted molar refractivity (Wildman–Crippen MR) is 130 cm³/mol. The number of nitrogens with zero attached hydrogens (tertiary/aromatic N) is 1. The number of aryl methyl sites for hydroxylation is 2. The van der Waals surface area contributed by atoms with Crippen molar-refractivity contribution in [1.29, 1.82) is 0 Å². The van der Waals surface area contributed by atoms with Crippen LogP contribution < -0.4 is 4.90 Å². The summed E-state index contributed by atoms with van der Waals surface area (Å²) in [5.41, 5.74) is 2.93. The third kappa shape index (κ3) is 3.62. The van der Waals surface area contributed by atoms with Crippen molar-refractivity contribution >= 4 is 28.2 Å². The molecule has 1 heterocycles. The molecule has 4 heteroatoms. The highest BCUT2D eigenvalue weighted by Crippen LogP contribution is 2.43. The molecular formula is C29H25NO3. The number of anilines is 1. The zero-order chi connectivity index (χ0) is 23.2. The lowest BCUT2D eigenvalue weighted by Gasteiger charge is -2.23. The van der Waals surface area contributed by atoms with Crippen LogP contribution in [-0.2, 0) is 16.9 Å². The van der Waals surface area contributed by atoms with E-state index in [0.717, 1.165) is 27.5 Å². The van der Waals surface area contributed by atoms with Gasteiger partial charge in [0.15, 0.2) is 11.4 Å². The second-order valence-corrected chi connectivity index (χ2v) is 8.86. The SMILES string of the molecule is Cc1ccc(C)c(CN2C(=O)C(O)(CC(=O)c3ccc4ccccc4c3)c3ccccc32)c1. The van der Waals surface area contributed by atoms with Gasteiger partial charge in [-0.05, 0) is 47.9 Å². The highest BCUT2D eigenvalue weighted by molar-refractivity contribution is 6.11. The monoisotopic (exact) mass is 435 g/mol. The van der Waals surface area contributed by atoms with Crippen molar-refractivity contribution in [2.24, 2.45) is 0 Å². The molecule has 0 aliphatic carbocycles. The molecule has 4 aromatic carbocycles. The van der Waals surface area contributed by atoms with Gasteiger partial charge in [0.25, 0.3) is 5.91 Å². The molecule has 4 nitrogen and oxygen atoms in total. The molecule has 5 rings (SSSR count). The molecule has 164 valence electrons. The van der Waals surface area contributed by atoms with Crippen molar-refractivity contribution in [1.82, 2.24) is 0 Å². The summed E-state index contributed by atoms with van der Waals surface area (Å²) in [6, 6.07) is 26.6. The maximum atomic E-state index is 13.6. The average molecular weight is 436 g/mol. The van der Waals surface area contributed by atoms with E-state index in [1.165, 1.54) is 0 Å². The number of Topliss-reactive ketones (excluding diaryl/α,β-unsaturated/α-hetero) is 1. The Bertz CT molecular complexity index is 1410. The Balaban J connectivity index is 1.49. The summed E-state index contributed by atoms with van der Waals surface area (Å²) in [5, 5.41) is 13.6. The normalized spacial score (nSPS) is 17.4. The van der Waals surface area contributed by atoms with Crippen molar-refractivity contribution in [3.05, 3.63) is 113 Å². The van der Waals surface area contributed by atoms with Gasteiger partial charge < -0.3 is 10.0 Å². The molecule has 33 heavy (non-hydrogen) atoms. The fourth-order valence-electron chi connectivity index (χ4n) is 4.67. The van der Waals surface area contributed by atoms with Crippen molar-refractivity contribution < 1.29 is 14.7 Å². The van der Waals surface area contributed by atoms with Gasteiger partial charge in [0.05, 0.1) is 18.7 Å². The second-order valence-electron chi connectivity index (χ2n) is 8.86. The van der Waals surface area contributed by atoms with Gasteiger partial charge in [-0.1, -0.05) is 78.4 Å². The van der Waals surface area contributed by atoms with Crippen molar-refractivity contribution in [3.63, 3.8) is 0 Å². The van der Waals surface area contributed by atoms with Crippen LogP contribution >= 0.6 is 0 Å². The van der Waals surface area contributed by atoms with Crippen molar-refractivity contribution in [3.8, 4) is 0 Å². The lowest BCUT2D eigenvalue weighted by Crippen LogP contribution is -2.41. The number of ketones is 1. The summed E-state index contributed by atoms with van der Waals surface area (Å²) in [6.45, 7) is 4.37. The molecule has 1 unspecified atom stereocenters. The van der Waals surface area contributed by atoms with E-state index in [1.54, 1.807) is 23.1 Å². The predicted octanol–water partition coefficient (Wildman–Crippen LogP) is 5.46. The number of fused-ring (bicyclic) bond motifs is 2. The average Bonchev–Trinajstić information content (AvgIpc) is 3.03. The molecule has 0 aromatic heterocycles. The summed E-state index contributed by atoms with van der Waals surface area (Å²) in [5.74, 6) is -0.723. The fraction of sp³-hybridized carbons (Fsp3) is 0.172. The van der Waals surface area contributed by atoms with Crippen LogP contribution in [0.25, 0.3) is 10.8 Å². The van der Waals surface area contributed by atoms with Crippen LogP contribution in [0, 0.1) is 13.8 Å². The van der Waals surface area contributed by atoms with Crippen LogP contribution in [0.1, 0.15) is 39.0 Å². The third-order valence-corrected chi connectivity index (χ3v) is 6.56. The number of rotatable bonds is 5. The first-order valence-electron chi connectivity index (χ1n) is 11.1. The number of hydrogen-bond donors (Lipinski definition) is 1. The van der Waals surface area contributed by atoms with Gasteiger partial charge in [-0.25, -0.2) is 0 Å². The van der Waals surface area contributed by atoms with E-state index in [4.69, 9.17) is 0 Å². The third-order valence-electron chi connectivity index (χ3n) is 6.56. The van der Waals surface area contributed by atoms with Crippen LogP contribution in [0.15, 0.2) is 84.9 Å². The second kappa shape index (κ2) is 7.98. The van der Waals surface area contributed by atoms with E-state index < -0.39 is 11.5 Å². The van der Waals surface area contributed by atoms with Gasteiger partial charge in [0.1, 0.15) is 0 Å². The summed E-state index contributed by atoms with van der Waals surface area (Å²) in [7, 11) is 0. The lowest BCUT2D eigenvalue weighted by atomic mass is 9.87. The zero-order valence-electron chi connectivity index (χ0n) is 18.7. The van der Waals surface area contributed by atoms with Gasteiger partial charge in [0, 0.05) is 11.1 Å². The maximum Gasteiger partial charge on any atom is 0.264 e. The van der Waals surface area contributed by atoms with Crippen molar-refractivity contribution in [2.45, 2.75) is 32.4 Å². The van der Waals surface area contributed by atoms with E-state index in [9.17, 15) is 14.7 Å². The molecule has 0 radical (unpaired) electrons. The molecule has 1 aliphatic heterocycles. The largest absolute Gasteiger partial charge is 0.375 e. The Morgan fingerprint density at radius 3 is 2.42 bits per heavy atom. The quantitative estimate of drug-likeness (QED) is 0.423. The van der Waals surface area contributed by atoms with Crippen LogP contribution in [0.4, 0.5) is 5.69 Å². The molecular weight excluding hydrogens is 410 g/mol. The fourth-order valence-corrected chi connectivity index (χ4v) is 4.67. The summed E-state index contributed by atoms with van der Waals surface area (Å²) in [6.07, 6.45) is -0.301. The number of para-hydroxylation sites is 1. The van der Waals surface area contributed by atoms with Crippen molar-refractivity contribution in [2.75, 3.05) is 4.90 Å². The molecule has 1 atom stereocenters. The first kappa shape index (κ1) is 21.1. The number of benzene rings is 4. The van der Waals surface area contributed by atoms with Crippen LogP contribution in [0.2, 0.25) is 0 Å². The molecule has 0 spiro atoms. The molecule has 0 fully saturated rings. The summed E-state index contributed by atoms with van der Waals surface area (Å²) < 4.78 is 0. The van der Waals surface area contributed by atoms with Crippen LogP contribution in [0.5, 0.6) is 0 Å². The van der Waals surface area contributed by atoms with Gasteiger partial charge in [-0.15, -0.1) is 0 Å². The smallest absolute Gasteiger partial charge is 0.264 e. The highest BCUT2D eigenvalue weighted by atomic mass is 16.3. The highest BCUT2D eigenvalue weighted by Gasteiger charge is 2.50. The lowest BCUT2D eigenvalue weighted by molar-refractivity contribution is -0.136. The number of amides is 1. The van der Waals surface area contributed by atoms with E-state index in [0.29, 0.717) is 23.4 Å². The number of aliphatic hydroxyl groups is 1. The molecule has 1 aliphatic rings. The Kier molecular flexibility index (Phi) is 5.10. The van der Waals surface area contributed by atoms with Gasteiger partial charge in [-0.2, -0.15) is 0 Å². The van der Waals surface area contributed by atoms with Gasteiger partial charge in [-0.3, -0.25) is 9.59 Å². The Hall–Kier alpha value is -3.76. The van der Waals surface area contributed by atoms with Gasteiger partial charge in [0.2, 0.25) is 0 Å². The van der Waals surface area contributed by atoms with E-state index in [1.807, 2.05) is 74.5 Å². The molecule has 1 amide bonds. The number of hydrogen-bond acceptors (Lipinski definition) is 3. The summed E-state index contributed by atoms with van der Waals surface area (Å²) in [4.78, 5) is 28.4. The topological polar surface area (TPSA) is 57.6 Å². The van der Waals surface area contributed by atoms with E-state index in [-0.39, 0.29) is 12.2 Å². The number of carbonyl (C=O) groups is 2. The van der Waals surface area contributed by atoms with E-state index in [2.05, 4.69) is 6.07 Å². The molecule has 0 bridgehead atoms. The molecule has 0 saturated carbocycles. The first-order chi connectivity index (χ1) is 15.9. The van der Waals surface area contributed by atoms with E-state index >= 15 is 0 Å². The maximum absolute atomic E-state index is 13.6. The molecule has 0 saturated heterocycles. The van der Waals surface area contributed by atoms with Crippen LogP contribution in [-0.4, -0.2) is 16.8 Å². The minimum absolute atomic E-state index is 0.264. The molecule has 1 N–H and O–H groups in total. The first-order valence-corrected chi connectivity index (χ1v) is 11.1. The zero-order valence-corrected chi connectivity index (χ0v) is 18.7.